The van der Waals surface area contributed by atoms with E-state index in [9.17, 15) is 5.11 Å². The molecular weight excluding hydrogens is 773 g/mol. The van der Waals surface area contributed by atoms with Crippen molar-refractivity contribution in [3.63, 3.8) is 0 Å². The summed E-state index contributed by atoms with van der Waals surface area (Å²) in [6, 6.07) is 20.9. The number of amides is 2. The van der Waals surface area contributed by atoms with E-state index in [0.717, 1.165) is 116 Å². The van der Waals surface area contributed by atoms with Gasteiger partial charge in [0.25, 0.3) is 0 Å². The minimum Gasteiger partial charge on any atom is -0.390 e. The highest BCUT2D eigenvalue weighted by atomic mass is 16.5. The molecule has 0 aromatic heterocycles. The molecule has 0 radical (unpaired) electrons. The van der Waals surface area contributed by atoms with E-state index in [1.54, 1.807) is 0 Å². The fourth-order valence-electron chi connectivity index (χ4n) is 16.9. The zero-order chi connectivity index (χ0) is 43.1. The van der Waals surface area contributed by atoms with Gasteiger partial charge in [-0.2, -0.15) is 0 Å². The summed E-state index contributed by atoms with van der Waals surface area (Å²) in [6.07, 6.45) is 14.0. The number of rotatable bonds is 13. The van der Waals surface area contributed by atoms with Gasteiger partial charge in [-0.15, -0.1) is 0 Å². The molecule has 9 fully saturated rings. The van der Waals surface area contributed by atoms with Gasteiger partial charge in [-0.3, -0.25) is 9.59 Å². The maximum Gasteiger partial charge on any atom is 0.226 e. The smallest absolute Gasteiger partial charge is 0.226 e. The van der Waals surface area contributed by atoms with Gasteiger partial charge in [-0.05, 0) is 178 Å². The molecule has 2 aromatic rings. The molecule has 9 nitrogen and oxygen atoms in total. The predicted molar refractivity (Wildman–Crippen MR) is 243 cm³/mol. The monoisotopic (exact) mass is 849 g/mol. The molecule has 9 heteroatoms. The average Bonchev–Trinajstić information content (AvgIpc) is 3.25. The summed E-state index contributed by atoms with van der Waals surface area (Å²) in [5, 5.41) is 25.1. The molecule has 11 rings (SSSR count). The topological polar surface area (TPSA) is 121 Å². The van der Waals surface area contributed by atoms with Crippen LogP contribution in [0.25, 0.3) is 0 Å². The number of hydrogen-bond donors (Lipinski definition) is 5. The normalized spacial score (nSPS) is 42.7. The lowest BCUT2D eigenvalue weighted by Gasteiger charge is -2.70. The minimum absolute atomic E-state index is 0.000223. The molecular formula is C53H76N4O5. The third kappa shape index (κ3) is 7.03. The average molecular weight is 849 g/mol. The Morgan fingerprint density at radius 1 is 0.661 bits per heavy atom. The number of ether oxygens (including phenoxy) is 2. The maximum atomic E-state index is 15.1. The Morgan fingerprint density at radius 3 is 1.98 bits per heavy atom. The molecule has 11 atom stereocenters. The highest BCUT2D eigenvalue weighted by Crippen LogP contribution is 2.75. The second kappa shape index (κ2) is 15.7. The zero-order valence-corrected chi connectivity index (χ0v) is 38.3. The number of aliphatic hydroxyl groups excluding tert-OH is 1. The third-order valence-corrected chi connectivity index (χ3v) is 18.9. The molecule has 5 unspecified atom stereocenters. The maximum absolute atomic E-state index is 15.1. The van der Waals surface area contributed by atoms with Gasteiger partial charge >= 0.3 is 0 Å². The van der Waals surface area contributed by atoms with E-state index in [0.29, 0.717) is 38.2 Å². The lowest BCUT2D eigenvalue weighted by Crippen LogP contribution is -2.69. The van der Waals surface area contributed by atoms with Crippen LogP contribution in [-0.4, -0.2) is 87.7 Å². The van der Waals surface area contributed by atoms with E-state index in [1.807, 2.05) is 0 Å². The van der Waals surface area contributed by atoms with Crippen LogP contribution in [0.15, 0.2) is 54.6 Å². The fraction of sp³-hybridized carbons (Fsp3) is 0.736. The quantitative estimate of drug-likeness (QED) is 0.144. The van der Waals surface area contributed by atoms with Gasteiger partial charge in [-0.1, -0.05) is 68.4 Å². The van der Waals surface area contributed by atoms with Crippen LogP contribution in [-0.2, 0) is 35.3 Å². The second-order valence-corrected chi connectivity index (χ2v) is 23.5. The van der Waals surface area contributed by atoms with Crippen molar-refractivity contribution in [2.45, 2.75) is 158 Å². The van der Waals surface area contributed by atoms with Gasteiger partial charge in [0, 0.05) is 32.3 Å². The largest absolute Gasteiger partial charge is 0.390 e. The Labute approximate surface area is 371 Å². The molecule has 7 aliphatic carbocycles. The number of carbonyl (C=O) groups is 2. The van der Waals surface area contributed by atoms with E-state index in [4.69, 9.17) is 9.47 Å². The summed E-state index contributed by atoms with van der Waals surface area (Å²) in [5.41, 5.74) is 2.52. The Morgan fingerprint density at radius 2 is 1.29 bits per heavy atom. The number of carbonyl (C=O) groups excluding carboxylic acids is 2. The first-order valence-electron chi connectivity index (χ1n) is 24.8. The number of hydrogen-bond acceptors (Lipinski definition) is 7. The molecule has 2 aliphatic heterocycles. The number of nitrogens with one attached hydrogen (secondary N) is 4. The van der Waals surface area contributed by atoms with Crippen LogP contribution in [0.3, 0.4) is 0 Å². The van der Waals surface area contributed by atoms with Gasteiger partial charge in [-0.25, -0.2) is 0 Å². The minimum atomic E-state index is -0.591. The van der Waals surface area contributed by atoms with Gasteiger partial charge in [0.15, 0.2) is 0 Å². The van der Waals surface area contributed by atoms with Crippen molar-refractivity contribution in [3.05, 3.63) is 71.3 Å². The number of benzene rings is 2. The van der Waals surface area contributed by atoms with Crippen LogP contribution in [0, 0.1) is 33.0 Å². The molecule has 0 spiro atoms. The van der Waals surface area contributed by atoms with Gasteiger partial charge in [0.05, 0.1) is 36.2 Å². The second-order valence-electron chi connectivity index (χ2n) is 23.5. The van der Waals surface area contributed by atoms with E-state index in [1.165, 1.54) is 23.1 Å². The summed E-state index contributed by atoms with van der Waals surface area (Å²) < 4.78 is 12.9. The molecule has 2 heterocycles. The number of fused-ring (bicyclic) bond motifs is 2. The third-order valence-electron chi connectivity index (χ3n) is 18.9. The van der Waals surface area contributed by atoms with E-state index in [-0.39, 0.29) is 50.5 Å². The molecule has 62 heavy (non-hydrogen) atoms. The van der Waals surface area contributed by atoms with Crippen molar-refractivity contribution >= 4 is 11.8 Å². The standard InChI is InChI=1S/C53H76N4O5/c1-5-61-35-47-25-50(37-10-8-7-9-11-37)31-51(26-47,33-52(27-47,32-50)45(60)56-41-18-22-54-24-42(41)58)39-14-12-38(13-15-39)48-20-16-40-17-21-49(28-48,30-53(40,29-48)36-62-6-2)44(59)57-43-19-23-55-34-46(43,3)4/h7-15,40-43,54-55,58H,5-6,16-36H2,1-4H3,(H,56,60)(H,57,59)/t40?,41-,42-,43?,47-,48+,49?,50+,51?,52?,53-/m1/s1. The molecule has 338 valence electrons. The van der Waals surface area contributed by atoms with Crippen LogP contribution in [0.2, 0.25) is 0 Å². The molecule has 2 saturated heterocycles. The van der Waals surface area contributed by atoms with E-state index < -0.39 is 16.9 Å². The SMILES string of the molecule is CCOC[C@@]12CC3(C(=O)N[C@@H]4CCNC[C@H]4O)CC(c4ccc([C@@]56CCC7CCC(C(=O)NC8CCNCC8(C)C)(C5)C[C@@]7(COCC)C6)cc4)(C1)C[C@](c1ccccc1)(C3)C2. The van der Waals surface area contributed by atoms with Crippen LogP contribution in [0.4, 0.5) is 0 Å². The molecule has 7 saturated carbocycles. The summed E-state index contributed by atoms with van der Waals surface area (Å²) in [5.74, 6) is 1.01. The van der Waals surface area contributed by atoms with Crippen LogP contribution in [0.5, 0.6) is 0 Å². The first kappa shape index (κ1) is 43.1. The molecule has 2 amide bonds. The number of piperidine rings is 2. The lowest BCUT2D eigenvalue weighted by atomic mass is 9.33. The summed E-state index contributed by atoms with van der Waals surface area (Å²) in [6.45, 7) is 14.7. The summed E-state index contributed by atoms with van der Waals surface area (Å²) in [4.78, 5) is 30.2. The Kier molecular flexibility index (Phi) is 10.9. The van der Waals surface area contributed by atoms with E-state index >= 15 is 9.59 Å². The van der Waals surface area contributed by atoms with Gasteiger partial charge in [0.1, 0.15) is 0 Å². The fourth-order valence-corrected chi connectivity index (χ4v) is 16.9. The predicted octanol–water partition coefficient (Wildman–Crippen LogP) is 7.23. The molecule has 7 bridgehead atoms. The van der Waals surface area contributed by atoms with Gasteiger partial charge < -0.3 is 35.8 Å². The zero-order valence-electron chi connectivity index (χ0n) is 38.3. The van der Waals surface area contributed by atoms with Crippen molar-refractivity contribution in [3.8, 4) is 0 Å². The van der Waals surface area contributed by atoms with Crippen LogP contribution in [0.1, 0.15) is 141 Å². The van der Waals surface area contributed by atoms with E-state index in [2.05, 4.69) is 104 Å². The Bertz CT molecular complexity index is 1990. The Balaban J connectivity index is 1.03. The molecule has 5 N–H and O–H groups in total. The van der Waals surface area contributed by atoms with Crippen molar-refractivity contribution in [2.24, 2.45) is 33.0 Å². The lowest BCUT2D eigenvalue weighted by molar-refractivity contribution is -0.180. The van der Waals surface area contributed by atoms with Crippen molar-refractivity contribution in [1.29, 1.82) is 0 Å². The summed E-state index contributed by atoms with van der Waals surface area (Å²) in [7, 11) is 0. The van der Waals surface area contributed by atoms with Crippen molar-refractivity contribution in [1.82, 2.24) is 21.3 Å². The number of β-amino-alcohol motifs (C(OH)–C–C–N with tert-alkyl or cyclic N) is 1. The van der Waals surface area contributed by atoms with Crippen LogP contribution >= 0.6 is 0 Å². The Hall–Kier alpha value is -2.82. The van der Waals surface area contributed by atoms with Crippen LogP contribution < -0.4 is 21.3 Å². The highest BCUT2D eigenvalue weighted by Gasteiger charge is 2.71. The molecule has 9 aliphatic rings. The molecule has 2 aromatic carbocycles. The van der Waals surface area contributed by atoms with Gasteiger partial charge in [0.2, 0.25) is 11.8 Å². The first-order chi connectivity index (χ1) is 29.8. The summed E-state index contributed by atoms with van der Waals surface area (Å²) >= 11 is 0. The van der Waals surface area contributed by atoms with Crippen molar-refractivity contribution in [2.75, 3.05) is 52.6 Å². The number of aliphatic hydroxyl groups is 1. The highest BCUT2D eigenvalue weighted by molar-refractivity contribution is 5.85. The first-order valence-corrected chi connectivity index (χ1v) is 24.8. The van der Waals surface area contributed by atoms with Crippen molar-refractivity contribution < 1.29 is 24.2 Å².